The summed E-state index contributed by atoms with van der Waals surface area (Å²) in [4.78, 5) is 14.1. The number of aromatic nitrogens is 4. The van der Waals surface area contributed by atoms with Crippen molar-refractivity contribution in [2.24, 2.45) is 0 Å². The average molecular weight is 396 g/mol. The smallest absolute Gasteiger partial charge is 0.317 e. The zero-order valence-corrected chi connectivity index (χ0v) is 15.7. The van der Waals surface area contributed by atoms with Gasteiger partial charge in [0.05, 0.1) is 0 Å². The molecule has 3 aromatic rings. The van der Waals surface area contributed by atoms with Gasteiger partial charge in [-0.15, -0.1) is 10.2 Å². The number of hydrogen-bond donors (Lipinski definition) is 1. The quantitative estimate of drug-likeness (QED) is 0.716. The highest BCUT2D eigenvalue weighted by Crippen LogP contribution is 2.17. The van der Waals surface area contributed by atoms with Crippen molar-refractivity contribution >= 4 is 6.03 Å². The lowest BCUT2D eigenvalue weighted by Crippen LogP contribution is -2.46. The Balaban J connectivity index is 1.22. The first kappa shape index (κ1) is 18.9. The van der Waals surface area contributed by atoms with Crippen molar-refractivity contribution in [1.29, 1.82) is 0 Å². The summed E-state index contributed by atoms with van der Waals surface area (Å²) in [5, 5.41) is 15.2. The molecular weight excluding hydrogens is 375 g/mol. The molecule has 1 aliphatic heterocycles. The van der Waals surface area contributed by atoms with Crippen molar-refractivity contribution in [2.75, 3.05) is 13.1 Å². The van der Waals surface area contributed by atoms with Crippen LogP contribution in [0.15, 0.2) is 54.9 Å². The molecule has 3 heterocycles. The molecule has 9 heteroatoms. The SMILES string of the molecule is O=C(NCc1ccc(F)cc1)N1CCC(Oc2ccc(-n3cccn3)nn2)CC1. The summed E-state index contributed by atoms with van der Waals surface area (Å²) in [6.45, 7) is 1.56. The Morgan fingerprint density at radius 2 is 1.93 bits per heavy atom. The van der Waals surface area contributed by atoms with Gasteiger partial charge in [-0.25, -0.2) is 13.9 Å². The summed E-state index contributed by atoms with van der Waals surface area (Å²) >= 11 is 0. The Morgan fingerprint density at radius 3 is 2.59 bits per heavy atom. The van der Waals surface area contributed by atoms with Gasteiger partial charge in [-0.1, -0.05) is 12.1 Å². The van der Waals surface area contributed by atoms with Crippen molar-refractivity contribution in [3.63, 3.8) is 0 Å². The highest BCUT2D eigenvalue weighted by molar-refractivity contribution is 5.74. The maximum Gasteiger partial charge on any atom is 0.317 e. The lowest BCUT2D eigenvalue weighted by molar-refractivity contribution is 0.106. The molecule has 1 fully saturated rings. The van der Waals surface area contributed by atoms with Crippen LogP contribution < -0.4 is 10.1 Å². The van der Waals surface area contributed by atoms with Crippen LogP contribution in [0.25, 0.3) is 5.82 Å². The van der Waals surface area contributed by atoms with Gasteiger partial charge < -0.3 is 15.0 Å². The maximum atomic E-state index is 12.9. The van der Waals surface area contributed by atoms with E-state index in [0.29, 0.717) is 44.2 Å². The summed E-state index contributed by atoms with van der Waals surface area (Å²) in [5.74, 6) is 0.790. The van der Waals surface area contributed by atoms with Crippen LogP contribution in [0.4, 0.5) is 9.18 Å². The van der Waals surface area contributed by atoms with Gasteiger partial charge in [0.2, 0.25) is 5.88 Å². The van der Waals surface area contributed by atoms with E-state index >= 15 is 0 Å². The first-order chi connectivity index (χ1) is 14.2. The molecule has 1 saturated heterocycles. The topological polar surface area (TPSA) is 85.2 Å². The van der Waals surface area contributed by atoms with Gasteiger partial charge in [-0.05, 0) is 29.8 Å². The summed E-state index contributed by atoms with van der Waals surface area (Å²) in [5.41, 5.74) is 0.857. The van der Waals surface area contributed by atoms with Gasteiger partial charge in [0.1, 0.15) is 11.9 Å². The third-order valence-corrected chi connectivity index (χ3v) is 4.74. The van der Waals surface area contributed by atoms with E-state index in [1.807, 2.05) is 6.07 Å². The number of likely N-dealkylation sites (tertiary alicyclic amines) is 1. The van der Waals surface area contributed by atoms with E-state index in [9.17, 15) is 9.18 Å². The van der Waals surface area contributed by atoms with E-state index < -0.39 is 0 Å². The van der Waals surface area contributed by atoms with Gasteiger partial charge in [0.25, 0.3) is 0 Å². The highest BCUT2D eigenvalue weighted by Gasteiger charge is 2.24. The number of piperidine rings is 1. The number of urea groups is 1. The molecule has 1 aliphatic rings. The van der Waals surface area contributed by atoms with Crippen LogP contribution >= 0.6 is 0 Å². The lowest BCUT2D eigenvalue weighted by Gasteiger charge is -2.31. The highest BCUT2D eigenvalue weighted by atomic mass is 19.1. The number of nitrogens with zero attached hydrogens (tertiary/aromatic N) is 5. The van der Waals surface area contributed by atoms with Crippen LogP contribution in [0, 0.1) is 5.82 Å². The molecule has 0 unspecified atom stereocenters. The predicted molar refractivity (Wildman–Crippen MR) is 103 cm³/mol. The third kappa shape index (κ3) is 4.87. The summed E-state index contributed by atoms with van der Waals surface area (Å²) < 4.78 is 20.5. The molecule has 8 nitrogen and oxygen atoms in total. The molecule has 0 spiro atoms. The first-order valence-corrected chi connectivity index (χ1v) is 9.45. The fourth-order valence-corrected chi connectivity index (χ4v) is 3.14. The first-order valence-electron chi connectivity index (χ1n) is 9.45. The Hall–Kier alpha value is -3.49. The average Bonchev–Trinajstić information content (AvgIpc) is 3.29. The zero-order valence-electron chi connectivity index (χ0n) is 15.7. The van der Waals surface area contributed by atoms with Crippen LogP contribution in [0.5, 0.6) is 5.88 Å². The van der Waals surface area contributed by atoms with Crippen LogP contribution in [0.2, 0.25) is 0 Å². The van der Waals surface area contributed by atoms with Crippen LogP contribution in [0.3, 0.4) is 0 Å². The maximum absolute atomic E-state index is 12.9. The van der Waals surface area contributed by atoms with E-state index in [-0.39, 0.29) is 18.0 Å². The Labute approximate surface area is 167 Å². The number of carbonyl (C=O) groups excluding carboxylic acids is 1. The van der Waals surface area contributed by atoms with Crippen LogP contribution in [-0.4, -0.2) is 50.1 Å². The number of ether oxygens (including phenoxy) is 1. The van der Waals surface area contributed by atoms with Crippen molar-refractivity contribution < 1.29 is 13.9 Å². The number of nitrogens with one attached hydrogen (secondary N) is 1. The number of hydrogen-bond acceptors (Lipinski definition) is 5. The van der Waals surface area contributed by atoms with Gasteiger partial charge in [-0.2, -0.15) is 5.10 Å². The van der Waals surface area contributed by atoms with Crippen molar-refractivity contribution in [3.05, 3.63) is 66.2 Å². The fraction of sp³-hybridized carbons (Fsp3) is 0.300. The molecular formula is C20H21FN6O2. The molecule has 1 aromatic carbocycles. The second-order valence-corrected chi connectivity index (χ2v) is 6.77. The molecule has 0 atom stereocenters. The standard InChI is InChI=1S/C20H21FN6O2/c21-16-4-2-15(3-5-16)14-22-20(28)26-12-8-17(9-13-26)29-19-7-6-18(24-25-19)27-11-1-10-23-27/h1-7,10-11,17H,8-9,12-14H2,(H,22,28). The minimum absolute atomic E-state index is 0.0130. The predicted octanol–water partition coefficient (Wildman–Crippen LogP) is 2.55. The fourth-order valence-electron chi connectivity index (χ4n) is 3.14. The molecule has 0 saturated carbocycles. The van der Waals surface area contributed by atoms with E-state index in [0.717, 1.165) is 5.56 Å². The molecule has 0 bridgehead atoms. The van der Waals surface area contributed by atoms with Crippen LogP contribution in [0.1, 0.15) is 18.4 Å². The van der Waals surface area contributed by atoms with Gasteiger partial charge >= 0.3 is 6.03 Å². The molecule has 4 rings (SSSR count). The zero-order chi connectivity index (χ0) is 20.1. The van der Waals surface area contributed by atoms with E-state index in [4.69, 9.17) is 4.74 Å². The Kier molecular flexibility index (Phi) is 5.64. The number of benzene rings is 1. The monoisotopic (exact) mass is 396 g/mol. The van der Waals surface area contributed by atoms with Crippen LogP contribution in [-0.2, 0) is 6.54 Å². The minimum atomic E-state index is -0.289. The van der Waals surface area contributed by atoms with Crippen molar-refractivity contribution in [2.45, 2.75) is 25.5 Å². The summed E-state index contributed by atoms with van der Waals surface area (Å²) in [6.07, 6.45) is 4.89. The number of carbonyl (C=O) groups is 1. The number of amides is 2. The third-order valence-electron chi connectivity index (χ3n) is 4.74. The summed E-state index contributed by atoms with van der Waals surface area (Å²) in [6, 6.07) is 11.3. The Bertz CT molecular complexity index is 923. The van der Waals surface area contributed by atoms with E-state index in [1.165, 1.54) is 12.1 Å². The van der Waals surface area contributed by atoms with Gasteiger partial charge in [0, 0.05) is 50.9 Å². The molecule has 29 heavy (non-hydrogen) atoms. The van der Waals surface area contributed by atoms with Gasteiger partial charge in [-0.3, -0.25) is 0 Å². The molecule has 1 N–H and O–H groups in total. The van der Waals surface area contributed by atoms with Gasteiger partial charge in [0.15, 0.2) is 5.82 Å². The second-order valence-electron chi connectivity index (χ2n) is 6.77. The van der Waals surface area contributed by atoms with E-state index in [1.54, 1.807) is 46.2 Å². The largest absolute Gasteiger partial charge is 0.473 e. The van der Waals surface area contributed by atoms with E-state index in [2.05, 4.69) is 20.6 Å². The van der Waals surface area contributed by atoms with Crippen molar-refractivity contribution in [1.82, 2.24) is 30.2 Å². The molecule has 0 aliphatic carbocycles. The Morgan fingerprint density at radius 1 is 1.14 bits per heavy atom. The molecule has 2 amide bonds. The molecule has 2 aromatic heterocycles. The molecule has 0 radical (unpaired) electrons. The number of halogens is 1. The molecule has 150 valence electrons. The number of rotatable bonds is 5. The normalized spacial score (nSPS) is 14.6. The van der Waals surface area contributed by atoms with Crippen molar-refractivity contribution in [3.8, 4) is 11.7 Å². The second kappa shape index (κ2) is 8.68. The summed E-state index contributed by atoms with van der Waals surface area (Å²) in [7, 11) is 0. The minimum Gasteiger partial charge on any atom is -0.473 e. The lowest BCUT2D eigenvalue weighted by atomic mass is 10.1.